The maximum atomic E-state index is 12.8. The summed E-state index contributed by atoms with van der Waals surface area (Å²) in [6, 6.07) is 7.56. The third kappa shape index (κ3) is 4.90. The van der Waals surface area contributed by atoms with Gasteiger partial charge in [-0.25, -0.2) is 0 Å². The number of amides is 1. The molecule has 1 fully saturated rings. The zero-order chi connectivity index (χ0) is 20.3. The Morgan fingerprint density at radius 1 is 1.21 bits per heavy atom. The van der Waals surface area contributed by atoms with E-state index in [4.69, 9.17) is 11.6 Å². The third-order valence-electron chi connectivity index (χ3n) is 5.28. The summed E-state index contributed by atoms with van der Waals surface area (Å²) < 4.78 is 0. The van der Waals surface area contributed by atoms with Crippen molar-refractivity contribution in [1.29, 1.82) is 0 Å². The van der Waals surface area contributed by atoms with E-state index in [1.165, 1.54) is 4.80 Å². The highest BCUT2D eigenvalue weighted by Crippen LogP contribution is 2.15. The topological polar surface area (TPSA) is 66.3 Å². The van der Waals surface area contributed by atoms with Crippen LogP contribution < -0.4 is 5.32 Å². The first-order valence-corrected chi connectivity index (χ1v) is 10.1. The van der Waals surface area contributed by atoms with Gasteiger partial charge < -0.3 is 10.2 Å². The number of benzene rings is 1. The van der Waals surface area contributed by atoms with Crippen LogP contribution in [0.1, 0.15) is 30.0 Å². The van der Waals surface area contributed by atoms with Crippen LogP contribution in [0.4, 0.5) is 0 Å². The van der Waals surface area contributed by atoms with E-state index >= 15 is 0 Å². The number of piperazine rings is 1. The Kier molecular flexibility index (Phi) is 6.69. The summed E-state index contributed by atoms with van der Waals surface area (Å²) in [4.78, 5) is 19.0. The van der Waals surface area contributed by atoms with Crippen molar-refractivity contribution in [2.24, 2.45) is 5.92 Å². The zero-order valence-corrected chi connectivity index (χ0v) is 17.8. The van der Waals surface area contributed by atoms with Crippen LogP contribution >= 0.6 is 11.6 Å². The van der Waals surface area contributed by atoms with Crippen molar-refractivity contribution in [1.82, 2.24) is 30.1 Å². The highest BCUT2D eigenvalue weighted by Gasteiger charge is 2.26. The molecule has 1 saturated heterocycles. The average Bonchev–Trinajstić information content (AvgIpc) is 3.05. The Bertz CT molecular complexity index is 813. The van der Waals surface area contributed by atoms with E-state index in [0.29, 0.717) is 34.9 Å². The second-order valence-electron chi connectivity index (χ2n) is 7.76. The van der Waals surface area contributed by atoms with Gasteiger partial charge in [0, 0.05) is 43.8 Å². The Morgan fingerprint density at radius 2 is 1.93 bits per heavy atom. The van der Waals surface area contributed by atoms with E-state index in [1.54, 1.807) is 19.1 Å². The Balaban J connectivity index is 1.67. The van der Waals surface area contributed by atoms with Gasteiger partial charge in [-0.1, -0.05) is 31.5 Å². The van der Waals surface area contributed by atoms with Gasteiger partial charge in [0.15, 0.2) is 5.69 Å². The average molecular weight is 405 g/mol. The second-order valence-corrected chi connectivity index (χ2v) is 8.20. The van der Waals surface area contributed by atoms with Crippen LogP contribution in [0.2, 0.25) is 5.02 Å². The summed E-state index contributed by atoms with van der Waals surface area (Å²) in [5.41, 5.74) is 1.67. The van der Waals surface area contributed by atoms with Gasteiger partial charge in [-0.05, 0) is 38.1 Å². The van der Waals surface area contributed by atoms with Gasteiger partial charge in [0.25, 0.3) is 5.91 Å². The first-order chi connectivity index (χ1) is 13.3. The molecule has 0 saturated carbocycles. The number of likely N-dealkylation sites (N-methyl/N-ethyl adjacent to an activating group) is 1. The lowest BCUT2D eigenvalue weighted by Gasteiger charge is -2.39. The van der Waals surface area contributed by atoms with Crippen molar-refractivity contribution >= 4 is 17.5 Å². The van der Waals surface area contributed by atoms with Crippen LogP contribution in [0.25, 0.3) is 5.69 Å². The van der Waals surface area contributed by atoms with Crippen molar-refractivity contribution in [2.45, 2.75) is 26.8 Å². The molecule has 1 atom stereocenters. The van der Waals surface area contributed by atoms with Crippen LogP contribution in [0.15, 0.2) is 24.3 Å². The van der Waals surface area contributed by atoms with Crippen LogP contribution in [-0.4, -0.2) is 76.5 Å². The molecule has 1 aromatic heterocycles. The fourth-order valence-corrected chi connectivity index (χ4v) is 3.71. The lowest BCUT2D eigenvalue weighted by molar-refractivity contribution is 0.0788. The second kappa shape index (κ2) is 9.03. The van der Waals surface area contributed by atoms with E-state index < -0.39 is 0 Å². The van der Waals surface area contributed by atoms with Gasteiger partial charge in [0.2, 0.25) is 0 Å². The SMILES string of the molecule is Cc1nn(-c2cccc(Cl)c2)nc1C(=O)NCC(C(C)C)N1CCN(C)CC1. The minimum atomic E-state index is -0.189. The molecule has 0 radical (unpaired) electrons. The van der Waals surface area contributed by atoms with Crippen LogP contribution in [0, 0.1) is 12.8 Å². The van der Waals surface area contributed by atoms with Gasteiger partial charge in [0.05, 0.1) is 11.4 Å². The van der Waals surface area contributed by atoms with Crippen LogP contribution in [0.3, 0.4) is 0 Å². The zero-order valence-electron chi connectivity index (χ0n) is 17.0. The first kappa shape index (κ1) is 20.8. The lowest BCUT2D eigenvalue weighted by atomic mass is 10.0. The molecule has 1 amide bonds. The molecule has 2 heterocycles. The van der Waals surface area contributed by atoms with Crippen molar-refractivity contribution in [3.05, 3.63) is 40.7 Å². The minimum Gasteiger partial charge on any atom is -0.349 e. The highest BCUT2D eigenvalue weighted by molar-refractivity contribution is 6.30. The molecular weight excluding hydrogens is 376 g/mol. The van der Waals surface area contributed by atoms with Crippen molar-refractivity contribution < 1.29 is 4.79 Å². The predicted molar refractivity (Wildman–Crippen MR) is 111 cm³/mol. The summed E-state index contributed by atoms with van der Waals surface area (Å²) in [7, 11) is 2.15. The number of rotatable bonds is 6. The molecule has 0 spiro atoms. The summed E-state index contributed by atoms with van der Waals surface area (Å²) in [5.74, 6) is 0.262. The third-order valence-corrected chi connectivity index (χ3v) is 5.52. The summed E-state index contributed by atoms with van der Waals surface area (Å²) in [5, 5.41) is 12.4. The molecule has 1 unspecified atom stereocenters. The fraction of sp³-hybridized carbons (Fsp3) is 0.550. The molecule has 2 aromatic rings. The van der Waals surface area contributed by atoms with Gasteiger partial charge in [-0.3, -0.25) is 9.69 Å². The number of carbonyl (C=O) groups is 1. The molecule has 28 heavy (non-hydrogen) atoms. The normalized spacial score (nSPS) is 17.1. The molecular formula is C20H29ClN6O. The number of nitrogens with zero attached hydrogens (tertiary/aromatic N) is 5. The lowest BCUT2D eigenvalue weighted by Crippen LogP contribution is -2.54. The van der Waals surface area contributed by atoms with Gasteiger partial charge in [-0.15, -0.1) is 5.10 Å². The molecule has 7 nitrogen and oxygen atoms in total. The molecule has 1 N–H and O–H groups in total. The van der Waals surface area contributed by atoms with E-state index in [1.807, 2.05) is 12.1 Å². The fourth-order valence-electron chi connectivity index (χ4n) is 3.53. The van der Waals surface area contributed by atoms with Crippen LogP contribution in [0.5, 0.6) is 0 Å². The maximum Gasteiger partial charge on any atom is 0.273 e. The number of aryl methyl sites for hydroxylation is 1. The number of aromatic nitrogens is 3. The van der Waals surface area contributed by atoms with Crippen molar-refractivity contribution in [2.75, 3.05) is 39.8 Å². The predicted octanol–water partition coefficient (Wildman–Crippen LogP) is 2.23. The van der Waals surface area contributed by atoms with E-state index in [0.717, 1.165) is 31.9 Å². The minimum absolute atomic E-state index is 0.189. The molecule has 8 heteroatoms. The molecule has 152 valence electrons. The standard InChI is InChI=1S/C20H29ClN6O/c1-14(2)18(26-10-8-25(4)9-11-26)13-22-20(28)19-15(3)23-27(24-19)17-7-5-6-16(21)12-17/h5-7,12,14,18H,8-11,13H2,1-4H3,(H,22,28). The summed E-state index contributed by atoms with van der Waals surface area (Å²) in [6.45, 7) is 11.0. The monoisotopic (exact) mass is 404 g/mol. The van der Waals surface area contributed by atoms with E-state index in [-0.39, 0.29) is 5.91 Å². The molecule has 1 aliphatic rings. The summed E-state index contributed by atoms with van der Waals surface area (Å²) in [6.07, 6.45) is 0. The van der Waals surface area contributed by atoms with E-state index in [2.05, 4.69) is 46.2 Å². The molecule has 0 aliphatic carbocycles. The van der Waals surface area contributed by atoms with Gasteiger partial charge in [0.1, 0.15) is 0 Å². The van der Waals surface area contributed by atoms with Gasteiger partial charge in [-0.2, -0.15) is 9.90 Å². The van der Waals surface area contributed by atoms with Crippen molar-refractivity contribution in [3.8, 4) is 5.69 Å². The highest BCUT2D eigenvalue weighted by atomic mass is 35.5. The smallest absolute Gasteiger partial charge is 0.273 e. The number of nitrogens with one attached hydrogen (secondary N) is 1. The largest absolute Gasteiger partial charge is 0.349 e. The number of halogens is 1. The Hall–Kier alpha value is -1.96. The quantitative estimate of drug-likeness (QED) is 0.799. The van der Waals surface area contributed by atoms with Gasteiger partial charge >= 0.3 is 0 Å². The number of carbonyl (C=O) groups excluding carboxylic acids is 1. The summed E-state index contributed by atoms with van der Waals surface area (Å²) >= 11 is 6.05. The molecule has 1 aromatic carbocycles. The first-order valence-electron chi connectivity index (χ1n) is 9.76. The Labute approximate surface area is 171 Å². The number of hydrogen-bond donors (Lipinski definition) is 1. The maximum absolute atomic E-state index is 12.8. The van der Waals surface area contributed by atoms with Crippen LogP contribution in [-0.2, 0) is 0 Å². The molecule has 1 aliphatic heterocycles. The Morgan fingerprint density at radius 3 is 2.57 bits per heavy atom. The number of hydrogen-bond acceptors (Lipinski definition) is 5. The molecule has 3 rings (SSSR count). The van der Waals surface area contributed by atoms with Crippen molar-refractivity contribution in [3.63, 3.8) is 0 Å². The molecule has 0 bridgehead atoms. The van der Waals surface area contributed by atoms with E-state index in [9.17, 15) is 4.79 Å².